The van der Waals surface area contributed by atoms with Gasteiger partial charge < -0.3 is 9.63 Å². The van der Waals surface area contributed by atoms with E-state index in [-0.39, 0.29) is 0 Å². The van der Waals surface area contributed by atoms with E-state index in [2.05, 4.69) is 10.1 Å². The van der Waals surface area contributed by atoms with Crippen LogP contribution < -0.4 is 0 Å². The molecule has 0 aliphatic rings. The van der Waals surface area contributed by atoms with Crippen molar-refractivity contribution in [3.8, 4) is 0 Å². The van der Waals surface area contributed by atoms with Gasteiger partial charge in [0.25, 0.3) is 0 Å². The quantitative estimate of drug-likeness (QED) is 0.909. The Kier molecular flexibility index (Phi) is 3.76. The van der Waals surface area contributed by atoms with E-state index in [1.54, 1.807) is 0 Å². The number of nitrogens with zero attached hydrogens (tertiary/aromatic N) is 2. The molecule has 0 saturated carbocycles. The van der Waals surface area contributed by atoms with Crippen molar-refractivity contribution in [2.45, 2.75) is 25.9 Å². The van der Waals surface area contributed by atoms with Crippen molar-refractivity contribution in [1.82, 2.24) is 10.1 Å². The van der Waals surface area contributed by atoms with E-state index < -0.39 is 6.10 Å². The molecule has 0 radical (unpaired) electrons. The van der Waals surface area contributed by atoms with E-state index >= 15 is 0 Å². The van der Waals surface area contributed by atoms with Gasteiger partial charge in [-0.1, -0.05) is 35.8 Å². The predicted octanol–water partition coefficient (Wildman–Crippen LogP) is 2.76. The molecule has 0 bridgehead atoms. The lowest BCUT2D eigenvalue weighted by atomic mass is 10.1. The van der Waals surface area contributed by atoms with Crippen LogP contribution in [0.15, 0.2) is 28.8 Å². The van der Waals surface area contributed by atoms with Crippen LogP contribution in [0.2, 0.25) is 5.02 Å². The molecule has 0 fully saturated rings. The minimum absolute atomic E-state index is 0.338. The molecule has 0 saturated heterocycles. The molecule has 0 amide bonds. The summed E-state index contributed by atoms with van der Waals surface area (Å²) in [4.78, 5) is 4.14. The number of hydrogen-bond acceptors (Lipinski definition) is 4. The Morgan fingerprint density at radius 2 is 2.29 bits per heavy atom. The third kappa shape index (κ3) is 3.05. The Hall–Kier alpha value is -1.39. The molecule has 0 spiro atoms. The number of aromatic nitrogens is 2. The van der Waals surface area contributed by atoms with Crippen LogP contribution in [0.5, 0.6) is 0 Å². The fourth-order valence-corrected chi connectivity index (χ4v) is 1.69. The summed E-state index contributed by atoms with van der Waals surface area (Å²) < 4.78 is 5.07. The van der Waals surface area contributed by atoms with Crippen molar-refractivity contribution in [2.75, 3.05) is 0 Å². The van der Waals surface area contributed by atoms with Crippen LogP contribution in [0.1, 0.15) is 36.7 Å². The Labute approximate surface area is 104 Å². The summed E-state index contributed by atoms with van der Waals surface area (Å²) in [5.74, 6) is 0.819. The van der Waals surface area contributed by atoms with E-state index in [4.69, 9.17) is 16.1 Å². The van der Waals surface area contributed by atoms with Crippen molar-refractivity contribution in [1.29, 1.82) is 0 Å². The number of hydrogen-bond donors (Lipinski definition) is 1. The molecule has 2 rings (SSSR count). The second-order valence-corrected chi connectivity index (χ2v) is 4.21. The Balaban J connectivity index is 2.11. The third-order valence-corrected chi connectivity index (χ3v) is 2.65. The molecule has 2 aromatic rings. The van der Waals surface area contributed by atoms with Crippen molar-refractivity contribution in [3.05, 3.63) is 46.6 Å². The van der Waals surface area contributed by atoms with Crippen LogP contribution in [-0.2, 0) is 6.42 Å². The fraction of sp³-hybridized carbons (Fsp3) is 0.333. The van der Waals surface area contributed by atoms with Gasteiger partial charge in [0, 0.05) is 5.02 Å². The lowest BCUT2D eigenvalue weighted by Crippen LogP contribution is -1.98. The highest BCUT2D eigenvalue weighted by molar-refractivity contribution is 6.30. The number of benzene rings is 1. The highest BCUT2D eigenvalue weighted by Gasteiger charge is 2.13. The lowest BCUT2D eigenvalue weighted by Gasteiger charge is -1.98. The van der Waals surface area contributed by atoms with E-state index in [9.17, 15) is 5.11 Å². The zero-order valence-corrected chi connectivity index (χ0v) is 10.2. The Bertz CT molecular complexity index is 499. The highest BCUT2D eigenvalue weighted by atomic mass is 35.5. The predicted molar refractivity (Wildman–Crippen MR) is 63.8 cm³/mol. The molecular formula is C12H13ClN2O2. The van der Waals surface area contributed by atoms with Gasteiger partial charge >= 0.3 is 0 Å². The second-order valence-electron chi connectivity index (χ2n) is 3.78. The topological polar surface area (TPSA) is 59.2 Å². The molecule has 90 valence electrons. The number of aliphatic hydroxyl groups is 1. The van der Waals surface area contributed by atoms with Gasteiger partial charge in [-0.3, -0.25) is 0 Å². The fourth-order valence-electron chi connectivity index (χ4n) is 1.48. The van der Waals surface area contributed by atoms with Crippen LogP contribution >= 0.6 is 11.6 Å². The molecular weight excluding hydrogens is 240 g/mol. The van der Waals surface area contributed by atoms with E-state index in [1.165, 1.54) is 0 Å². The average molecular weight is 253 g/mol. The number of rotatable bonds is 4. The van der Waals surface area contributed by atoms with E-state index in [0.29, 0.717) is 29.6 Å². The van der Waals surface area contributed by atoms with Crippen LogP contribution in [0, 0.1) is 0 Å². The summed E-state index contributed by atoms with van der Waals surface area (Å²) in [7, 11) is 0. The van der Waals surface area contributed by atoms with Crippen molar-refractivity contribution in [2.24, 2.45) is 0 Å². The average Bonchev–Trinajstić information content (AvgIpc) is 2.76. The van der Waals surface area contributed by atoms with Gasteiger partial charge in [-0.2, -0.15) is 4.98 Å². The first-order valence-corrected chi connectivity index (χ1v) is 5.82. The first-order valence-electron chi connectivity index (χ1n) is 5.44. The van der Waals surface area contributed by atoms with Crippen molar-refractivity contribution < 1.29 is 9.63 Å². The molecule has 1 unspecified atom stereocenters. The maximum atomic E-state index is 9.55. The van der Waals surface area contributed by atoms with Crippen LogP contribution in [-0.4, -0.2) is 15.2 Å². The molecule has 1 aromatic carbocycles. The zero-order chi connectivity index (χ0) is 12.3. The Morgan fingerprint density at radius 3 is 3.00 bits per heavy atom. The normalized spacial score (nSPS) is 12.6. The molecule has 5 heteroatoms. The van der Waals surface area contributed by atoms with Gasteiger partial charge in [0.2, 0.25) is 5.89 Å². The van der Waals surface area contributed by atoms with E-state index in [1.807, 2.05) is 31.2 Å². The summed E-state index contributed by atoms with van der Waals surface area (Å²) in [6, 6.07) is 7.47. The van der Waals surface area contributed by atoms with Gasteiger partial charge in [-0.25, -0.2) is 0 Å². The highest BCUT2D eigenvalue weighted by Crippen LogP contribution is 2.16. The smallest absolute Gasteiger partial charge is 0.231 e. The third-order valence-electron chi connectivity index (χ3n) is 2.41. The monoisotopic (exact) mass is 252 g/mol. The van der Waals surface area contributed by atoms with Crippen molar-refractivity contribution >= 4 is 11.6 Å². The van der Waals surface area contributed by atoms with Crippen LogP contribution in [0.4, 0.5) is 0 Å². The number of aliphatic hydroxyl groups excluding tert-OH is 1. The Morgan fingerprint density at radius 1 is 1.47 bits per heavy atom. The summed E-state index contributed by atoms with van der Waals surface area (Å²) >= 11 is 5.88. The number of halogens is 1. The van der Waals surface area contributed by atoms with Crippen LogP contribution in [0.25, 0.3) is 0 Å². The maximum Gasteiger partial charge on any atom is 0.231 e. The summed E-state index contributed by atoms with van der Waals surface area (Å²) in [5.41, 5.74) is 0.999. The molecule has 1 N–H and O–H groups in total. The second kappa shape index (κ2) is 5.29. The minimum Gasteiger partial charge on any atom is -0.385 e. The zero-order valence-electron chi connectivity index (χ0n) is 9.43. The first-order chi connectivity index (χ1) is 8.19. The molecule has 1 aromatic heterocycles. The van der Waals surface area contributed by atoms with Gasteiger partial charge in [0.1, 0.15) is 6.10 Å². The molecule has 4 nitrogen and oxygen atoms in total. The van der Waals surface area contributed by atoms with Crippen molar-refractivity contribution in [3.63, 3.8) is 0 Å². The molecule has 0 aliphatic carbocycles. The first kappa shape index (κ1) is 12.1. The molecule has 1 heterocycles. The molecule has 17 heavy (non-hydrogen) atoms. The summed E-state index contributed by atoms with van der Waals surface area (Å²) in [6.45, 7) is 1.86. The van der Waals surface area contributed by atoms with Gasteiger partial charge in [-0.15, -0.1) is 0 Å². The standard InChI is InChI=1S/C12H13ClN2O2/c1-2-10(16)12-14-11(17-15-12)7-8-4-3-5-9(13)6-8/h3-6,10,16H,2,7H2,1H3. The largest absolute Gasteiger partial charge is 0.385 e. The SMILES string of the molecule is CCC(O)c1noc(Cc2cccc(Cl)c2)n1. The minimum atomic E-state index is -0.660. The van der Waals surface area contributed by atoms with E-state index in [0.717, 1.165) is 5.56 Å². The van der Waals surface area contributed by atoms with Gasteiger partial charge in [-0.05, 0) is 24.1 Å². The van der Waals surface area contributed by atoms with Gasteiger partial charge in [0.15, 0.2) is 5.82 Å². The maximum absolute atomic E-state index is 9.55. The van der Waals surface area contributed by atoms with Crippen LogP contribution in [0.3, 0.4) is 0 Å². The molecule has 1 atom stereocenters. The lowest BCUT2D eigenvalue weighted by molar-refractivity contribution is 0.159. The summed E-state index contributed by atoms with van der Waals surface area (Å²) in [6.07, 6.45) is 0.423. The molecule has 0 aliphatic heterocycles. The van der Waals surface area contributed by atoms with Gasteiger partial charge in [0.05, 0.1) is 6.42 Å². The summed E-state index contributed by atoms with van der Waals surface area (Å²) in [5, 5.41) is 14.0.